The van der Waals surface area contributed by atoms with Gasteiger partial charge in [0.1, 0.15) is 0 Å². The molecule has 0 atom stereocenters. The second kappa shape index (κ2) is 12.1. The predicted octanol–water partition coefficient (Wildman–Crippen LogP) is 3.13. The Morgan fingerprint density at radius 3 is 1.25 bits per heavy atom. The van der Waals surface area contributed by atoms with Crippen LogP contribution < -0.4 is 0 Å². The minimum absolute atomic E-state index is 0. The van der Waals surface area contributed by atoms with Crippen LogP contribution in [-0.4, -0.2) is 18.5 Å². The van der Waals surface area contributed by atoms with Crippen molar-refractivity contribution in [1.29, 1.82) is 0 Å². The molecule has 0 saturated heterocycles. The average Bonchev–Trinajstić information content (AvgIpc) is 1.85. The van der Waals surface area contributed by atoms with E-state index in [9.17, 15) is 0 Å². The molecule has 0 bridgehead atoms. The summed E-state index contributed by atoms with van der Waals surface area (Å²) in [6.45, 7) is 13.7. The quantitative estimate of drug-likeness (QED) is 0.676. The van der Waals surface area contributed by atoms with Gasteiger partial charge in [0.25, 0.3) is 0 Å². The molecule has 73 valence electrons. The maximum absolute atomic E-state index is 2.21. The summed E-state index contributed by atoms with van der Waals surface area (Å²) < 4.78 is 0. The van der Waals surface area contributed by atoms with Crippen LogP contribution in [0.3, 0.4) is 0 Å². The third-order valence-corrected chi connectivity index (χ3v) is 1.24. The van der Waals surface area contributed by atoms with Crippen LogP contribution in [0.25, 0.3) is 0 Å². The molecule has 0 aromatic carbocycles. The molecule has 1 nitrogen and oxygen atoms in total. The van der Waals surface area contributed by atoms with Crippen molar-refractivity contribution in [1.82, 2.24) is 4.90 Å². The van der Waals surface area contributed by atoms with Gasteiger partial charge in [0.05, 0.1) is 0 Å². The molecule has 0 aliphatic rings. The van der Waals surface area contributed by atoms with Crippen molar-refractivity contribution >= 4 is 0 Å². The topological polar surface area (TPSA) is 3.24 Å². The van der Waals surface area contributed by atoms with Crippen molar-refractivity contribution in [3.05, 3.63) is 12.0 Å². The van der Waals surface area contributed by atoms with Crippen molar-refractivity contribution in [3.8, 4) is 0 Å². The van der Waals surface area contributed by atoms with Crippen LogP contribution in [0.5, 0.6) is 0 Å². The summed E-state index contributed by atoms with van der Waals surface area (Å²) in [5.74, 6) is 1.42. The fraction of sp³-hybridized carbons (Fsp3) is 0.800. The Labute approximate surface area is 104 Å². The summed E-state index contributed by atoms with van der Waals surface area (Å²) >= 11 is 0. The Morgan fingerprint density at radius 1 is 1.00 bits per heavy atom. The van der Waals surface area contributed by atoms with Gasteiger partial charge in [-0.3, -0.25) is 6.04 Å². The van der Waals surface area contributed by atoms with Gasteiger partial charge in [-0.05, 0) is 13.6 Å². The molecule has 0 rings (SSSR count). The number of nitrogens with zero attached hydrogens (tertiary/aromatic N) is 1. The Morgan fingerprint density at radius 2 is 1.25 bits per heavy atom. The first-order valence-corrected chi connectivity index (χ1v) is 4.19. The number of hydrogen-bond donors (Lipinski definition) is 0. The largest absolute Gasteiger partial charge is 0.457 e. The van der Waals surface area contributed by atoms with E-state index in [1.165, 1.54) is 12.0 Å². The molecule has 0 fully saturated rings. The smallest absolute Gasteiger partial charge is 0 e. The van der Waals surface area contributed by atoms with Crippen LogP contribution in [0.1, 0.15) is 41.5 Å². The molecule has 0 aliphatic carbocycles. The first-order valence-electron chi connectivity index (χ1n) is 4.19. The third kappa shape index (κ3) is 22.5. The fourth-order valence-electron chi connectivity index (χ4n) is 0.316. The Kier molecular flexibility index (Phi) is 18.9. The summed E-state index contributed by atoms with van der Waals surface area (Å²) in [5.41, 5.74) is 0. The molecule has 0 unspecified atom stereocenters. The Bertz CT molecular complexity index is 69.5. The SMILES string of the molecule is CCN(C)[C-](C)C.C[C-](C)C.[Y]. The van der Waals surface area contributed by atoms with Crippen LogP contribution in [0.4, 0.5) is 0 Å². The maximum Gasteiger partial charge on any atom is 0 e. The number of hydrogen-bond acceptors (Lipinski definition) is 1. The van der Waals surface area contributed by atoms with Crippen LogP contribution in [-0.2, 0) is 32.7 Å². The molecule has 0 saturated carbocycles. The molecule has 2 heteroatoms. The first kappa shape index (κ1) is 18.8. The fourth-order valence-corrected chi connectivity index (χ4v) is 0.316. The van der Waals surface area contributed by atoms with Gasteiger partial charge >= 0.3 is 0 Å². The van der Waals surface area contributed by atoms with Crippen molar-refractivity contribution in [3.63, 3.8) is 0 Å². The second-order valence-corrected chi connectivity index (χ2v) is 3.46. The van der Waals surface area contributed by atoms with Gasteiger partial charge in [-0.1, -0.05) is 6.92 Å². The van der Waals surface area contributed by atoms with E-state index in [4.69, 9.17) is 0 Å². The third-order valence-electron chi connectivity index (χ3n) is 1.24. The van der Waals surface area contributed by atoms with E-state index in [-0.39, 0.29) is 32.7 Å². The second-order valence-electron chi connectivity index (χ2n) is 3.46. The monoisotopic (exact) mass is 246 g/mol. The van der Waals surface area contributed by atoms with Gasteiger partial charge in [0.15, 0.2) is 0 Å². The zero-order chi connectivity index (χ0) is 9.44. The molecule has 0 aromatic heterocycles. The van der Waals surface area contributed by atoms with Crippen LogP contribution in [0.2, 0.25) is 0 Å². The maximum atomic E-state index is 2.21. The van der Waals surface area contributed by atoms with E-state index in [1.54, 1.807) is 0 Å². The molecule has 0 heterocycles. The van der Waals surface area contributed by atoms with Crippen LogP contribution in [0.15, 0.2) is 0 Å². The summed E-state index contributed by atoms with van der Waals surface area (Å²) in [5, 5.41) is 0. The minimum Gasteiger partial charge on any atom is -0.457 e. The first-order chi connectivity index (χ1) is 4.91. The molecule has 1 radical (unpaired) electrons. The van der Waals surface area contributed by atoms with Crippen molar-refractivity contribution < 1.29 is 32.7 Å². The van der Waals surface area contributed by atoms with Crippen LogP contribution >= 0.6 is 0 Å². The molecule has 0 amide bonds. The van der Waals surface area contributed by atoms with E-state index in [1.807, 2.05) is 0 Å². The van der Waals surface area contributed by atoms with Crippen LogP contribution in [0, 0.1) is 12.0 Å². The summed E-state index contributed by atoms with van der Waals surface area (Å²) in [4.78, 5) is 2.21. The summed E-state index contributed by atoms with van der Waals surface area (Å²) in [7, 11) is 2.09. The molecule has 0 aromatic rings. The molecular formula is C10H23NY-2. The van der Waals surface area contributed by atoms with Gasteiger partial charge in [-0.15, -0.1) is 0 Å². The van der Waals surface area contributed by atoms with Crippen molar-refractivity contribution in [2.24, 2.45) is 0 Å². The minimum atomic E-state index is 0. The molecule has 0 aliphatic heterocycles. The summed E-state index contributed by atoms with van der Waals surface area (Å²) in [6, 6.07) is 1.38. The molecule has 12 heavy (non-hydrogen) atoms. The van der Waals surface area contributed by atoms with E-state index in [0.29, 0.717) is 0 Å². The Hall–Kier alpha value is 1.06. The van der Waals surface area contributed by atoms with E-state index in [2.05, 4.69) is 53.5 Å². The average molecular weight is 246 g/mol. The standard InChI is InChI=1S/C6H14N.C4H9.Y/c1-5-7(4)6(2)3;1-4(2)3;/h5H2,1-4H3;1-3H3;/q2*-1;. The zero-order valence-corrected chi connectivity index (χ0v) is 12.6. The molecular weight excluding hydrogens is 223 g/mol. The van der Waals surface area contributed by atoms with Gasteiger partial charge in [0, 0.05) is 32.7 Å². The van der Waals surface area contributed by atoms with Gasteiger partial charge in [0.2, 0.25) is 0 Å². The van der Waals surface area contributed by atoms with Crippen molar-refractivity contribution in [2.45, 2.75) is 41.5 Å². The van der Waals surface area contributed by atoms with E-state index >= 15 is 0 Å². The normalized spacial score (nSPS) is 9.50. The van der Waals surface area contributed by atoms with E-state index in [0.717, 1.165) is 6.54 Å². The van der Waals surface area contributed by atoms with Gasteiger partial charge < -0.3 is 10.8 Å². The van der Waals surface area contributed by atoms with Gasteiger partial charge in [-0.25, -0.2) is 0 Å². The van der Waals surface area contributed by atoms with Crippen molar-refractivity contribution in [2.75, 3.05) is 13.6 Å². The molecule has 0 N–H and O–H groups in total. The predicted molar refractivity (Wildman–Crippen MR) is 53.2 cm³/mol. The van der Waals surface area contributed by atoms with E-state index < -0.39 is 0 Å². The number of rotatable bonds is 2. The summed E-state index contributed by atoms with van der Waals surface area (Å²) in [6.07, 6.45) is 0. The zero-order valence-electron chi connectivity index (χ0n) is 9.73. The van der Waals surface area contributed by atoms with Gasteiger partial charge in [-0.2, -0.15) is 34.6 Å². The molecule has 0 spiro atoms. The Balaban J connectivity index is -0.000000142.